The smallest absolute Gasteiger partial charge is 0.333 e. The summed E-state index contributed by atoms with van der Waals surface area (Å²) >= 11 is 0. The predicted molar refractivity (Wildman–Crippen MR) is 125 cm³/mol. The summed E-state index contributed by atoms with van der Waals surface area (Å²) in [7, 11) is -4.10. The van der Waals surface area contributed by atoms with Crippen molar-refractivity contribution >= 4 is 33.3 Å². The van der Waals surface area contributed by atoms with Gasteiger partial charge in [-0.1, -0.05) is 11.2 Å². The second-order valence-electron chi connectivity index (χ2n) is 8.59. The van der Waals surface area contributed by atoms with Gasteiger partial charge < -0.3 is 15.2 Å². The van der Waals surface area contributed by atoms with Gasteiger partial charge in [0.25, 0.3) is 15.9 Å². The molecule has 2 aliphatic carbocycles. The number of sulfonamides is 1. The average Bonchev–Trinajstić information content (AvgIpc) is 3.54. The van der Waals surface area contributed by atoms with E-state index >= 15 is 0 Å². The van der Waals surface area contributed by atoms with E-state index in [1.54, 1.807) is 6.92 Å². The molecule has 0 aliphatic heterocycles. The number of nitrogens with one attached hydrogen (secondary N) is 3. The van der Waals surface area contributed by atoms with Crippen molar-refractivity contribution in [3.05, 3.63) is 70.1 Å². The van der Waals surface area contributed by atoms with Crippen LogP contribution in [0.1, 0.15) is 51.3 Å². The van der Waals surface area contributed by atoms with E-state index in [0.717, 1.165) is 55.3 Å². The minimum absolute atomic E-state index is 0.0959. The maximum absolute atomic E-state index is 12.8. The van der Waals surface area contributed by atoms with E-state index in [9.17, 15) is 18.0 Å². The van der Waals surface area contributed by atoms with Crippen LogP contribution in [0.4, 0.5) is 16.2 Å². The Morgan fingerprint density at radius 3 is 2.15 bits per heavy atom. The number of rotatable bonds is 5. The fourth-order valence-corrected chi connectivity index (χ4v) is 5.58. The van der Waals surface area contributed by atoms with Crippen LogP contribution in [0.3, 0.4) is 0 Å². The number of carbonyl (C=O) groups is 2. The number of nitrogens with zero attached hydrogens (tertiary/aromatic N) is 1. The molecule has 0 spiro atoms. The van der Waals surface area contributed by atoms with Crippen LogP contribution in [0.15, 0.2) is 45.8 Å². The summed E-state index contributed by atoms with van der Waals surface area (Å²) in [5.41, 5.74) is 6.01. The minimum atomic E-state index is -4.10. The van der Waals surface area contributed by atoms with Crippen molar-refractivity contribution in [1.29, 1.82) is 0 Å². The van der Waals surface area contributed by atoms with E-state index in [4.69, 9.17) is 4.52 Å². The van der Waals surface area contributed by atoms with Gasteiger partial charge in [0.2, 0.25) is 0 Å². The Hall–Kier alpha value is -3.66. The lowest BCUT2D eigenvalue weighted by Gasteiger charge is -2.16. The van der Waals surface area contributed by atoms with E-state index in [-0.39, 0.29) is 10.6 Å². The van der Waals surface area contributed by atoms with Crippen molar-refractivity contribution in [2.24, 2.45) is 0 Å². The van der Waals surface area contributed by atoms with Crippen molar-refractivity contribution < 1.29 is 22.5 Å². The molecule has 2 aromatic carbocycles. The van der Waals surface area contributed by atoms with Crippen molar-refractivity contribution in [2.75, 3.05) is 10.6 Å². The van der Waals surface area contributed by atoms with Crippen molar-refractivity contribution in [1.82, 2.24) is 9.88 Å². The Morgan fingerprint density at radius 1 is 0.912 bits per heavy atom. The molecular weight excluding hydrogens is 456 g/mol. The predicted octanol–water partition coefficient (Wildman–Crippen LogP) is 3.72. The van der Waals surface area contributed by atoms with E-state index in [1.165, 1.54) is 41.5 Å². The number of fused-ring (bicyclic) bond motifs is 2. The van der Waals surface area contributed by atoms with Crippen LogP contribution in [-0.4, -0.2) is 25.5 Å². The van der Waals surface area contributed by atoms with E-state index < -0.39 is 22.0 Å². The Bertz CT molecular complexity index is 1360. The summed E-state index contributed by atoms with van der Waals surface area (Å²) in [6.07, 6.45) is 5.79. The lowest BCUT2D eigenvalue weighted by Crippen LogP contribution is -2.35. The third-order valence-electron chi connectivity index (χ3n) is 6.22. The highest BCUT2D eigenvalue weighted by molar-refractivity contribution is 7.90. The van der Waals surface area contributed by atoms with Gasteiger partial charge >= 0.3 is 6.03 Å². The standard InChI is InChI=1S/C24H24N4O5S/c1-14-12-21(27-33-14)23(29)25-17-8-10-18(11-9-17)34(31,32)28-24(30)26-22-19-6-2-4-15(19)13-16-5-3-7-20(16)22/h8-13H,2-7H2,1H3,(H,25,29)(H2,26,28,30). The van der Waals surface area contributed by atoms with Gasteiger partial charge in [0.15, 0.2) is 5.69 Å². The molecule has 0 atom stereocenters. The van der Waals surface area contributed by atoms with Crippen molar-refractivity contribution in [3.63, 3.8) is 0 Å². The highest BCUT2D eigenvalue weighted by atomic mass is 32.2. The van der Waals surface area contributed by atoms with Crippen LogP contribution in [0.5, 0.6) is 0 Å². The largest absolute Gasteiger partial charge is 0.361 e. The van der Waals surface area contributed by atoms with Gasteiger partial charge in [-0.3, -0.25) is 4.79 Å². The number of urea groups is 1. The minimum Gasteiger partial charge on any atom is -0.361 e. The summed E-state index contributed by atoms with van der Waals surface area (Å²) in [5.74, 6) is 0.0224. The second-order valence-corrected chi connectivity index (χ2v) is 10.3. The Balaban J connectivity index is 1.28. The molecule has 0 radical (unpaired) electrons. The summed E-state index contributed by atoms with van der Waals surface area (Å²) in [6, 6.07) is 8.47. The van der Waals surface area contributed by atoms with Gasteiger partial charge in [-0.2, -0.15) is 0 Å². The van der Waals surface area contributed by atoms with E-state index in [1.807, 2.05) is 0 Å². The summed E-state index contributed by atoms with van der Waals surface area (Å²) < 4.78 is 32.5. The van der Waals surface area contributed by atoms with Crippen LogP contribution < -0.4 is 15.4 Å². The Morgan fingerprint density at radius 2 is 1.56 bits per heavy atom. The Labute approximate surface area is 197 Å². The molecule has 3 amide bonds. The molecule has 34 heavy (non-hydrogen) atoms. The molecule has 10 heteroatoms. The lowest BCUT2D eigenvalue weighted by molar-refractivity contribution is 0.101. The fourth-order valence-electron chi connectivity index (χ4n) is 4.67. The molecule has 0 bridgehead atoms. The van der Waals surface area contributed by atoms with Gasteiger partial charge in [0.05, 0.1) is 4.90 Å². The van der Waals surface area contributed by atoms with Crippen LogP contribution >= 0.6 is 0 Å². The highest BCUT2D eigenvalue weighted by Crippen LogP contribution is 2.38. The molecule has 9 nitrogen and oxygen atoms in total. The third-order valence-corrected chi connectivity index (χ3v) is 7.57. The maximum Gasteiger partial charge on any atom is 0.333 e. The number of aromatic nitrogens is 1. The normalized spacial score (nSPS) is 14.4. The molecule has 176 valence electrons. The first kappa shape index (κ1) is 22.1. The zero-order valence-electron chi connectivity index (χ0n) is 18.6. The number of hydrogen-bond acceptors (Lipinski definition) is 6. The molecular formula is C24H24N4O5S. The number of carbonyl (C=O) groups excluding carboxylic acids is 2. The van der Waals surface area contributed by atoms with Crippen LogP contribution in [0, 0.1) is 6.92 Å². The van der Waals surface area contributed by atoms with Crippen molar-refractivity contribution in [2.45, 2.75) is 50.3 Å². The first-order chi connectivity index (χ1) is 16.3. The number of amides is 3. The molecule has 3 N–H and O–H groups in total. The zero-order chi connectivity index (χ0) is 23.9. The first-order valence-electron chi connectivity index (χ1n) is 11.2. The SMILES string of the molecule is Cc1cc(C(=O)Nc2ccc(S(=O)(=O)NC(=O)Nc3c4c(cc5c3CCC5)CCC4)cc2)no1. The lowest BCUT2D eigenvalue weighted by atomic mass is 9.99. The van der Waals surface area contributed by atoms with Crippen LogP contribution in [-0.2, 0) is 35.7 Å². The molecule has 0 unspecified atom stereocenters. The molecule has 1 heterocycles. The molecule has 2 aliphatic rings. The molecule has 1 aromatic heterocycles. The number of hydrogen-bond donors (Lipinski definition) is 3. The van der Waals surface area contributed by atoms with Gasteiger partial charge in [-0.15, -0.1) is 0 Å². The topological polar surface area (TPSA) is 130 Å². The number of aryl methyl sites for hydroxylation is 3. The molecule has 0 saturated carbocycles. The Kier molecular flexibility index (Phi) is 5.60. The van der Waals surface area contributed by atoms with Gasteiger partial charge in [-0.05, 0) is 92.0 Å². The maximum atomic E-state index is 12.8. The number of anilines is 2. The first-order valence-corrected chi connectivity index (χ1v) is 12.6. The quantitative estimate of drug-likeness (QED) is 0.510. The van der Waals surface area contributed by atoms with E-state index in [0.29, 0.717) is 11.4 Å². The highest BCUT2D eigenvalue weighted by Gasteiger charge is 2.26. The molecule has 3 aromatic rings. The zero-order valence-corrected chi connectivity index (χ0v) is 19.4. The summed E-state index contributed by atoms with van der Waals surface area (Å²) in [5, 5.41) is 9.08. The van der Waals surface area contributed by atoms with Crippen LogP contribution in [0.2, 0.25) is 0 Å². The summed E-state index contributed by atoms with van der Waals surface area (Å²) in [6.45, 7) is 1.67. The van der Waals surface area contributed by atoms with E-state index in [2.05, 4.69) is 26.6 Å². The summed E-state index contributed by atoms with van der Waals surface area (Å²) in [4.78, 5) is 24.8. The fraction of sp³-hybridized carbons (Fsp3) is 0.292. The van der Waals surface area contributed by atoms with Gasteiger partial charge in [0, 0.05) is 17.4 Å². The average molecular weight is 481 g/mol. The molecule has 5 rings (SSSR count). The van der Waals surface area contributed by atoms with Crippen LogP contribution in [0.25, 0.3) is 0 Å². The monoisotopic (exact) mass is 480 g/mol. The molecule has 0 saturated heterocycles. The van der Waals surface area contributed by atoms with Gasteiger partial charge in [0.1, 0.15) is 5.76 Å². The van der Waals surface area contributed by atoms with Crippen molar-refractivity contribution in [3.8, 4) is 0 Å². The second kappa shape index (κ2) is 8.60. The third kappa shape index (κ3) is 4.28. The van der Waals surface area contributed by atoms with Gasteiger partial charge in [-0.25, -0.2) is 17.9 Å². The number of benzene rings is 2. The molecule has 0 fully saturated rings.